The molecule has 1 aliphatic rings. The number of aromatic nitrogens is 1. The number of fused-ring (bicyclic) bond motifs is 1. The molecule has 0 bridgehead atoms. The van der Waals surface area contributed by atoms with Gasteiger partial charge in [-0.05, 0) is 18.1 Å². The van der Waals surface area contributed by atoms with E-state index in [1.807, 2.05) is 24.3 Å². The van der Waals surface area contributed by atoms with Crippen LogP contribution in [0.3, 0.4) is 0 Å². The van der Waals surface area contributed by atoms with Crippen molar-refractivity contribution >= 4 is 16.7 Å². The monoisotopic (exact) mass is 241 g/mol. The lowest BCUT2D eigenvalue weighted by molar-refractivity contribution is -0.130. The minimum atomic E-state index is -0.00800. The lowest BCUT2D eigenvalue weighted by Gasteiger charge is -2.21. The van der Waals surface area contributed by atoms with Crippen LogP contribution in [0.25, 0.3) is 10.9 Å². The summed E-state index contributed by atoms with van der Waals surface area (Å²) in [6.07, 6.45) is 3.07. The molecule has 3 rings (SSSR count). The number of Topliss-reactive ketones (excluding diaryl/α,β-unsaturated/α-hetero) is 1. The van der Waals surface area contributed by atoms with E-state index in [-0.39, 0.29) is 5.92 Å². The molecule has 0 amide bonds. The van der Waals surface area contributed by atoms with E-state index in [1.54, 1.807) is 6.20 Å². The van der Waals surface area contributed by atoms with Crippen LogP contribution in [-0.4, -0.2) is 24.0 Å². The zero-order chi connectivity index (χ0) is 12.4. The summed E-state index contributed by atoms with van der Waals surface area (Å²) in [5.74, 6) is 0.306. The van der Waals surface area contributed by atoms with Crippen molar-refractivity contribution in [1.82, 2.24) is 4.98 Å². The van der Waals surface area contributed by atoms with Gasteiger partial charge in [-0.1, -0.05) is 24.3 Å². The minimum Gasteiger partial charge on any atom is -0.380 e. The standard InChI is InChI=1S/C15H15NO2/c17-14-6-8-18-10-13(14)9-12-4-1-3-11-5-2-7-16-15(11)12/h1-5,7,13H,6,8-10H2. The summed E-state index contributed by atoms with van der Waals surface area (Å²) < 4.78 is 5.40. The number of ether oxygens (including phenoxy) is 1. The van der Waals surface area contributed by atoms with Gasteiger partial charge in [0.05, 0.1) is 18.7 Å². The smallest absolute Gasteiger partial charge is 0.140 e. The Balaban J connectivity index is 1.92. The van der Waals surface area contributed by atoms with E-state index in [2.05, 4.69) is 11.1 Å². The maximum Gasteiger partial charge on any atom is 0.140 e. The summed E-state index contributed by atoms with van der Waals surface area (Å²) in [5.41, 5.74) is 2.13. The molecule has 1 fully saturated rings. The Labute approximate surface area is 106 Å². The van der Waals surface area contributed by atoms with Crippen LogP contribution in [0.1, 0.15) is 12.0 Å². The molecule has 0 radical (unpaired) electrons. The number of ketones is 1. The van der Waals surface area contributed by atoms with Crippen molar-refractivity contribution in [2.75, 3.05) is 13.2 Å². The molecule has 0 aliphatic carbocycles. The third kappa shape index (κ3) is 2.14. The van der Waals surface area contributed by atoms with Crippen molar-refractivity contribution in [2.24, 2.45) is 5.92 Å². The van der Waals surface area contributed by atoms with Crippen LogP contribution in [0, 0.1) is 5.92 Å². The highest BCUT2D eigenvalue weighted by Gasteiger charge is 2.23. The lowest BCUT2D eigenvalue weighted by atomic mass is 9.92. The van der Waals surface area contributed by atoms with Gasteiger partial charge >= 0.3 is 0 Å². The number of benzene rings is 1. The van der Waals surface area contributed by atoms with Gasteiger partial charge in [-0.3, -0.25) is 9.78 Å². The fraction of sp³-hybridized carbons (Fsp3) is 0.333. The van der Waals surface area contributed by atoms with Gasteiger partial charge in [0.15, 0.2) is 0 Å². The molecule has 1 unspecified atom stereocenters. The number of carbonyl (C=O) groups is 1. The molecule has 92 valence electrons. The molecule has 0 saturated carbocycles. The number of hydrogen-bond acceptors (Lipinski definition) is 3. The quantitative estimate of drug-likeness (QED) is 0.810. The predicted octanol–water partition coefficient (Wildman–Crippen LogP) is 2.38. The number of carbonyl (C=O) groups excluding carboxylic acids is 1. The molecule has 1 atom stereocenters. The van der Waals surface area contributed by atoms with Crippen LogP contribution in [0.2, 0.25) is 0 Å². The first kappa shape index (κ1) is 11.4. The van der Waals surface area contributed by atoms with Crippen molar-refractivity contribution in [3.63, 3.8) is 0 Å². The highest BCUT2D eigenvalue weighted by Crippen LogP contribution is 2.21. The van der Waals surface area contributed by atoms with E-state index < -0.39 is 0 Å². The van der Waals surface area contributed by atoms with Gasteiger partial charge in [0.2, 0.25) is 0 Å². The number of para-hydroxylation sites is 1. The summed E-state index contributed by atoms with van der Waals surface area (Å²) in [6, 6.07) is 10.1. The van der Waals surface area contributed by atoms with Gasteiger partial charge < -0.3 is 4.74 Å². The summed E-state index contributed by atoms with van der Waals surface area (Å²) in [7, 11) is 0. The summed E-state index contributed by atoms with van der Waals surface area (Å²) in [4.78, 5) is 16.3. The van der Waals surface area contributed by atoms with E-state index in [0.717, 1.165) is 22.9 Å². The minimum absolute atomic E-state index is 0.00800. The summed E-state index contributed by atoms with van der Waals surface area (Å²) in [5, 5.41) is 1.12. The molecule has 1 aromatic heterocycles. The number of pyridine rings is 1. The van der Waals surface area contributed by atoms with Crippen LogP contribution in [0.4, 0.5) is 0 Å². The molecule has 0 spiro atoms. The van der Waals surface area contributed by atoms with E-state index in [4.69, 9.17) is 4.74 Å². The summed E-state index contributed by atoms with van der Waals surface area (Å²) >= 11 is 0. The molecule has 18 heavy (non-hydrogen) atoms. The maximum absolute atomic E-state index is 11.8. The third-order valence-corrected chi connectivity index (χ3v) is 3.45. The Morgan fingerprint density at radius 3 is 3.06 bits per heavy atom. The first-order valence-electron chi connectivity index (χ1n) is 6.27. The Hall–Kier alpha value is -1.74. The molecule has 1 saturated heterocycles. The first-order chi connectivity index (χ1) is 8.84. The van der Waals surface area contributed by atoms with Crippen molar-refractivity contribution in [1.29, 1.82) is 0 Å². The van der Waals surface area contributed by atoms with Crippen LogP contribution < -0.4 is 0 Å². The van der Waals surface area contributed by atoms with E-state index in [0.29, 0.717) is 25.4 Å². The maximum atomic E-state index is 11.8. The Kier molecular flexibility index (Phi) is 3.07. The molecule has 2 aromatic rings. The highest BCUT2D eigenvalue weighted by atomic mass is 16.5. The van der Waals surface area contributed by atoms with E-state index in [1.165, 1.54) is 0 Å². The van der Waals surface area contributed by atoms with Crippen molar-refractivity contribution in [3.05, 3.63) is 42.1 Å². The van der Waals surface area contributed by atoms with Gasteiger partial charge in [0.1, 0.15) is 5.78 Å². The molecule has 3 heteroatoms. The van der Waals surface area contributed by atoms with Crippen LogP contribution in [0.5, 0.6) is 0 Å². The van der Waals surface area contributed by atoms with Crippen LogP contribution >= 0.6 is 0 Å². The Morgan fingerprint density at radius 2 is 2.17 bits per heavy atom. The van der Waals surface area contributed by atoms with Gasteiger partial charge in [-0.15, -0.1) is 0 Å². The third-order valence-electron chi connectivity index (χ3n) is 3.45. The highest BCUT2D eigenvalue weighted by molar-refractivity contribution is 5.85. The average Bonchev–Trinajstić information content (AvgIpc) is 2.42. The fourth-order valence-corrected chi connectivity index (χ4v) is 2.47. The van der Waals surface area contributed by atoms with E-state index >= 15 is 0 Å². The summed E-state index contributed by atoms with van der Waals surface area (Å²) in [6.45, 7) is 1.12. The van der Waals surface area contributed by atoms with E-state index in [9.17, 15) is 4.79 Å². The second-order valence-corrected chi connectivity index (χ2v) is 4.68. The number of nitrogens with zero attached hydrogens (tertiary/aromatic N) is 1. The largest absolute Gasteiger partial charge is 0.380 e. The second-order valence-electron chi connectivity index (χ2n) is 4.68. The average molecular weight is 241 g/mol. The first-order valence-corrected chi connectivity index (χ1v) is 6.27. The normalized spacial score (nSPS) is 20.2. The number of hydrogen-bond donors (Lipinski definition) is 0. The molecular formula is C15H15NO2. The Bertz CT molecular complexity index is 574. The molecular weight excluding hydrogens is 226 g/mol. The Morgan fingerprint density at radius 1 is 1.28 bits per heavy atom. The van der Waals surface area contributed by atoms with Crippen molar-refractivity contribution in [3.8, 4) is 0 Å². The van der Waals surface area contributed by atoms with Crippen molar-refractivity contribution < 1.29 is 9.53 Å². The van der Waals surface area contributed by atoms with Gasteiger partial charge in [0.25, 0.3) is 0 Å². The fourth-order valence-electron chi connectivity index (χ4n) is 2.47. The van der Waals surface area contributed by atoms with Gasteiger partial charge in [0, 0.05) is 23.9 Å². The molecule has 1 aromatic carbocycles. The second kappa shape index (κ2) is 4.86. The van der Waals surface area contributed by atoms with Gasteiger partial charge in [-0.2, -0.15) is 0 Å². The van der Waals surface area contributed by atoms with Crippen molar-refractivity contribution in [2.45, 2.75) is 12.8 Å². The predicted molar refractivity (Wildman–Crippen MR) is 69.4 cm³/mol. The van der Waals surface area contributed by atoms with Gasteiger partial charge in [-0.25, -0.2) is 0 Å². The number of rotatable bonds is 2. The molecule has 3 nitrogen and oxygen atoms in total. The SMILES string of the molecule is O=C1CCOCC1Cc1cccc2cccnc12. The molecule has 0 N–H and O–H groups in total. The molecule has 2 heterocycles. The zero-order valence-electron chi connectivity index (χ0n) is 10.1. The van der Waals surface area contributed by atoms with Crippen LogP contribution in [0.15, 0.2) is 36.5 Å². The molecule has 1 aliphatic heterocycles. The zero-order valence-corrected chi connectivity index (χ0v) is 10.1. The lowest BCUT2D eigenvalue weighted by Crippen LogP contribution is -2.29. The topological polar surface area (TPSA) is 39.2 Å². The van der Waals surface area contributed by atoms with Crippen LogP contribution in [-0.2, 0) is 16.0 Å².